The number of aliphatic imine (C=N–C) groups is 1. The van der Waals surface area contributed by atoms with Crippen LogP contribution in [0.4, 0.5) is 0 Å². The van der Waals surface area contributed by atoms with Gasteiger partial charge in [0.15, 0.2) is 11.5 Å². The van der Waals surface area contributed by atoms with Gasteiger partial charge < -0.3 is 36.6 Å². The van der Waals surface area contributed by atoms with Gasteiger partial charge in [0.2, 0.25) is 6.73 Å². The summed E-state index contributed by atoms with van der Waals surface area (Å²) in [5.74, 6) is 0.282. The van der Waals surface area contributed by atoms with Gasteiger partial charge in [0, 0.05) is 25.5 Å². The molecule has 0 saturated carbocycles. The predicted molar refractivity (Wildman–Crippen MR) is 160 cm³/mol. The highest BCUT2D eigenvalue weighted by atomic mass is 16.5. The lowest BCUT2D eigenvalue weighted by Gasteiger charge is -2.15. The van der Waals surface area contributed by atoms with Crippen LogP contribution < -0.4 is 21.1 Å². The third-order valence-electron chi connectivity index (χ3n) is 7.70. The number of ether oxygens (including phenoxy) is 1. The number of carbonyl (C=O) groups is 1. The number of aliphatic hydroxyl groups is 3. The summed E-state index contributed by atoms with van der Waals surface area (Å²) in [4.78, 5) is 18.0. The monoisotopic (exact) mass is 579 g/mol. The SMILES string of the molecule is CCC[C@H](O)C[C@@H](O)CC(=O)CCc1ccc(O)c(OC[NH+]2C=C3C(Cc4cc(C(N)N)ccc4CO)=CN=C3C2)c1. The lowest BCUT2D eigenvalue weighted by atomic mass is 9.94. The molecule has 0 aliphatic carbocycles. The second kappa shape index (κ2) is 14.7. The molecule has 9 N–H and O–H groups in total. The molecule has 10 heteroatoms. The molecule has 0 saturated heterocycles. The Bertz CT molecular complexity index is 1350. The molecule has 1 unspecified atom stereocenters. The third kappa shape index (κ3) is 8.34. The number of nitrogens with one attached hydrogen (secondary N) is 1. The first-order chi connectivity index (χ1) is 20.2. The first kappa shape index (κ1) is 31.6. The van der Waals surface area contributed by atoms with Crippen LogP contribution in [0.15, 0.2) is 64.9 Å². The Kier molecular flexibility index (Phi) is 11.0. The van der Waals surface area contributed by atoms with Crippen LogP contribution in [-0.2, 0) is 24.2 Å². The lowest BCUT2D eigenvalue weighted by molar-refractivity contribution is -0.851. The van der Waals surface area contributed by atoms with Crippen LogP contribution >= 0.6 is 0 Å². The lowest BCUT2D eigenvalue weighted by Crippen LogP contribution is -3.07. The van der Waals surface area contributed by atoms with Gasteiger partial charge in [0.05, 0.1) is 30.6 Å². The Balaban J connectivity index is 1.31. The van der Waals surface area contributed by atoms with Gasteiger partial charge in [-0.15, -0.1) is 0 Å². The highest BCUT2D eigenvalue weighted by Gasteiger charge is 2.31. The summed E-state index contributed by atoms with van der Waals surface area (Å²) >= 11 is 0. The molecule has 2 aliphatic rings. The van der Waals surface area contributed by atoms with Crippen LogP contribution in [0.25, 0.3) is 0 Å². The molecule has 42 heavy (non-hydrogen) atoms. The van der Waals surface area contributed by atoms with Crippen LogP contribution in [0, 0.1) is 0 Å². The number of phenols is 1. The van der Waals surface area contributed by atoms with E-state index in [0.717, 1.165) is 50.4 Å². The van der Waals surface area contributed by atoms with Crippen molar-refractivity contribution in [2.45, 2.75) is 76.9 Å². The fourth-order valence-electron chi connectivity index (χ4n) is 5.38. The zero-order chi connectivity index (χ0) is 30.2. The maximum atomic E-state index is 12.4. The number of nitrogens with two attached hydrogens (primary N) is 2. The van der Waals surface area contributed by atoms with Gasteiger partial charge in [0.1, 0.15) is 24.2 Å². The highest BCUT2D eigenvalue weighted by molar-refractivity contribution is 6.08. The van der Waals surface area contributed by atoms with Crippen LogP contribution in [0.2, 0.25) is 0 Å². The average molecular weight is 580 g/mol. The summed E-state index contributed by atoms with van der Waals surface area (Å²) in [7, 11) is 0. The minimum atomic E-state index is -0.846. The molecule has 226 valence electrons. The molecule has 2 heterocycles. The molecule has 4 rings (SSSR count). The van der Waals surface area contributed by atoms with Crippen LogP contribution in [0.1, 0.15) is 67.4 Å². The van der Waals surface area contributed by atoms with Crippen molar-refractivity contribution in [2.75, 3.05) is 13.3 Å². The minimum absolute atomic E-state index is 0.0167. The Morgan fingerprint density at radius 3 is 2.67 bits per heavy atom. The first-order valence-corrected chi connectivity index (χ1v) is 14.6. The number of quaternary nitrogens is 1. The van der Waals surface area contributed by atoms with E-state index in [2.05, 4.69) is 11.2 Å². The smallest absolute Gasteiger partial charge is 0.227 e. The summed E-state index contributed by atoms with van der Waals surface area (Å²) in [5, 5.41) is 40.1. The molecule has 0 spiro atoms. The van der Waals surface area contributed by atoms with Crippen LogP contribution in [0.5, 0.6) is 11.5 Å². The largest absolute Gasteiger partial charge is 0.504 e. The number of hydrogen-bond donors (Lipinski definition) is 7. The Morgan fingerprint density at radius 2 is 1.93 bits per heavy atom. The number of aryl methyl sites for hydroxylation is 1. The average Bonchev–Trinajstić information content (AvgIpc) is 3.53. The molecule has 2 aliphatic heterocycles. The van der Waals surface area contributed by atoms with Gasteiger partial charge in [-0.25, -0.2) is 0 Å². The van der Waals surface area contributed by atoms with Gasteiger partial charge in [-0.05, 0) is 59.2 Å². The number of nitrogens with zero attached hydrogens (tertiary/aromatic N) is 1. The second-order valence-corrected chi connectivity index (χ2v) is 11.2. The minimum Gasteiger partial charge on any atom is -0.504 e. The van der Waals surface area contributed by atoms with Gasteiger partial charge in [-0.2, -0.15) is 0 Å². The van der Waals surface area contributed by atoms with E-state index in [0.29, 0.717) is 31.6 Å². The molecule has 3 atom stereocenters. The summed E-state index contributed by atoms with van der Waals surface area (Å²) in [6.07, 6.45) is 4.83. The number of hydrogen-bond acceptors (Lipinski definition) is 9. The number of ketones is 1. The third-order valence-corrected chi connectivity index (χ3v) is 7.70. The number of fused-ring (bicyclic) bond motifs is 1. The van der Waals surface area contributed by atoms with Crippen molar-refractivity contribution in [2.24, 2.45) is 16.5 Å². The normalized spacial score (nSPS) is 17.5. The molecule has 10 nitrogen and oxygen atoms in total. The van der Waals surface area contributed by atoms with Gasteiger partial charge in [0.25, 0.3) is 0 Å². The number of benzene rings is 2. The number of Topliss-reactive ketones (excluding diaryl/α,β-unsaturated/α-hetero) is 1. The fourth-order valence-corrected chi connectivity index (χ4v) is 5.38. The maximum Gasteiger partial charge on any atom is 0.227 e. The highest BCUT2D eigenvalue weighted by Crippen LogP contribution is 2.29. The number of carbonyl (C=O) groups excluding carboxylic acids is 1. The van der Waals surface area contributed by atoms with Crippen molar-refractivity contribution in [1.29, 1.82) is 0 Å². The molecule has 0 amide bonds. The Morgan fingerprint density at radius 1 is 1.12 bits per heavy atom. The summed E-state index contributed by atoms with van der Waals surface area (Å²) in [6.45, 7) is 2.80. The second-order valence-electron chi connectivity index (χ2n) is 11.2. The molecule has 2 aromatic carbocycles. The number of phenolic OH excluding ortho intramolecular Hbond substituents is 1. The number of rotatable bonds is 16. The van der Waals surface area contributed by atoms with Crippen LogP contribution in [-0.4, -0.2) is 57.4 Å². The van der Waals surface area contributed by atoms with Crippen molar-refractivity contribution < 1.29 is 34.9 Å². The molecule has 0 fully saturated rings. The van der Waals surface area contributed by atoms with E-state index in [4.69, 9.17) is 16.2 Å². The van der Waals surface area contributed by atoms with Gasteiger partial charge in [-0.3, -0.25) is 14.7 Å². The molecule has 0 bridgehead atoms. The standard InChI is InChI=1S/C32H42N4O6/c1-2-3-25(38)13-27(40)14-26(39)8-4-20-5-9-30(41)31(10-20)42-19-36-16-28-24(15-35-29(28)17-36)12-23-11-21(32(33)34)6-7-22(23)18-37/h5-7,9-11,15-16,25,27,32,37-38,40-41H,2-4,8,12-14,17-19,33-34H2,1H3/p+1/t25-,27+/m0/s1. The van der Waals surface area contributed by atoms with E-state index in [1.165, 1.54) is 0 Å². The maximum absolute atomic E-state index is 12.4. The molecular weight excluding hydrogens is 536 g/mol. The fraction of sp³-hybridized carbons (Fsp3) is 0.438. The van der Waals surface area contributed by atoms with Crippen molar-refractivity contribution in [1.82, 2.24) is 0 Å². The first-order valence-electron chi connectivity index (χ1n) is 14.6. The van der Waals surface area contributed by atoms with E-state index in [-0.39, 0.29) is 44.1 Å². The van der Waals surface area contributed by atoms with E-state index in [1.54, 1.807) is 18.2 Å². The zero-order valence-electron chi connectivity index (χ0n) is 24.1. The molecule has 0 radical (unpaired) electrons. The quantitative estimate of drug-likeness (QED) is 0.146. The Labute approximate surface area is 246 Å². The van der Waals surface area contributed by atoms with Gasteiger partial charge in [-0.1, -0.05) is 37.6 Å². The molecule has 0 aromatic heterocycles. The number of allylic oxidation sites excluding steroid dienone is 1. The number of aromatic hydroxyl groups is 1. The van der Waals surface area contributed by atoms with E-state index in [1.807, 2.05) is 31.3 Å². The topological polar surface area (TPSA) is 176 Å². The van der Waals surface area contributed by atoms with E-state index in [9.17, 15) is 25.2 Å². The summed E-state index contributed by atoms with van der Waals surface area (Å²) in [6, 6.07) is 10.7. The van der Waals surface area contributed by atoms with E-state index >= 15 is 0 Å². The summed E-state index contributed by atoms with van der Waals surface area (Å²) in [5.41, 5.74) is 18.2. The molecular formula is C32H43N4O6+. The van der Waals surface area contributed by atoms with E-state index < -0.39 is 18.4 Å². The van der Waals surface area contributed by atoms with Crippen molar-refractivity contribution in [3.63, 3.8) is 0 Å². The predicted octanol–water partition coefficient (Wildman–Crippen LogP) is 1.30. The number of aliphatic hydroxyl groups excluding tert-OH is 3. The summed E-state index contributed by atoms with van der Waals surface area (Å²) < 4.78 is 5.98. The van der Waals surface area contributed by atoms with Crippen molar-refractivity contribution in [3.05, 3.63) is 82.2 Å². The zero-order valence-corrected chi connectivity index (χ0v) is 24.1. The van der Waals surface area contributed by atoms with Crippen molar-refractivity contribution in [3.8, 4) is 11.5 Å². The van der Waals surface area contributed by atoms with Crippen molar-refractivity contribution >= 4 is 11.5 Å². The van der Waals surface area contributed by atoms with Crippen LogP contribution in [0.3, 0.4) is 0 Å². The molecule has 2 aromatic rings. The van der Waals surface area contributed by atoms with Gasteiger partial charge >= 0.3 is 0 Å². The Hall–Kier alpha value is -3.38.